The third-order valence-corrected chi connectivity index (χ3v) is 6.28. The van der Waals surface area contributed by atoms with Gasteiger partial charge in [0.1, 0.15) is 6.04 Å². The van der Waals surface area contributed by atoms with E-state index in [0.29, 0.717) is 13.2 Å². The van der Waals surface area contributed by atoms with Crippen LogP contribution in [0.25, 0.3) is 0 Å². The van der Waals surface area contributed by atoms with Gasteiger partial charge >= 0.3 is 0 Å². The molecule has 0 aromatic carbocycles. The summed E-state index contributed by atoms with van der Waals surface area (Å²) in [5, 5.41) is 3.20. The number of nitrogens with zero attached hydrogens (tertiary/aromatic N) is 4. The normalized spacial score (nSPS) is 20.6. The van der Waals surface area contributed by atoms with Crippen molar-refractivity contribution in [2.45, 2.75) is 63.1 Å². The molecule has 2 atom stereocenters. The number of carbonyl (C=O) groups excluding carboxylic acids is 2. The first-order valence-corrected chi connectivity index (χ1v) is 11.4. The summed E-state index contributed by atoms with van der Waals surface area (Å²) in [5.74, 6) is -0.470. The van der Waals surface area contributed by atoms with Crippen molar-refractivity contribution >= 4 is 23.5 Å². The van der Waals surface area contributed by atoms with Crippen molar-refractivity contribution in [3.8, 4) is 0 Å². The Balaban J connectivity index is 1.64. The summed E-state index contributed by atoms with van der Waals surface area (Å²) in [4.78, 5) is 32.6. The third-order valence-electron chi connectivity index (χ3n) is 5.80. The van der Waals surface area contributed by atoms with Crippen LogP contribution in [-0.2, 0) is 9.53 Å². The third kappa shape index (κ3) is 5.02. The van der Waals surface area contributed by atoms with Gasteiger partial charge in [-0.1, -0.05) is 19.3 Å². The number of pyridine rings is 1. The summed E-state index contributed by atoms with van der Waals surface area (Å²) in [5.41, 5.74) is 0.982. The van der Waals surface area contributed by atoms with Gasteiger partial charge in [-0.15, -0.1) is 0 Å². The lowest BCUT2D eigenvalue weighted by atomic mass is 9.94. The van der Waals surface area contributed by atoms with Gasteiger partial charge in [-0.2, -0.15) is 8.75 Å². The zero-order valence-corrected chi connectivity index (χ0v) is 17.7. The second-order valence-electron chi connectivity index (χ2n) is 7.91. The molecule has 1 saturated carbocycles. The summed E-state index contributed by atoms with van der Waals surface area (Å²) in [6.07, 6.45) is 11.9. The van der Waals surface area contributed by atoms with Crippen LogP contribution in [0, 0.1) is 0 Å². The van der Waals surface area contributed by atoms with E-state index < -0.39 is 6.04 Å². The largest absolute Gasteiger partial charge is 0.376 e. The maximum atomic E-state index is 13.5. The molecule has 1 saturated heterocycles. The Morgan fingerprint density at radius 3 is 2.63 bits per heavy atom. The van der Waals surface area contributed by atoms with Crippen LogP contribution in [0.2, 0.25) is 0 Å². The van der Waals surface area contributed by atoms with Crippen LogP contribution < -0.4 is 5.32 Å². The summed E-state index contributed by atoms with van der Waals surface area (Å²) < 4.78 is 13.9. The molecular formula is C21H27N5O3S. The molecule has 160 valence electrons. The standard InChI is InChI=1S/C21H27N5O3S/c27-20(24-16-5-2-1-3-6-16)19(15-8-10-22-11-9-15)26(14-17-7-4-12-29-17)21(28)18-13-23-30-25-18/h8-11,13,16-17,19H,1-7,12,14H2,(H,24,27). The van der Waals surface area contributed by atoms with E-state index in [1.807, 2.05) is 0 Å². The summed E-state index contributed by atoms with van der Waals surface area (Å²) >= 11 is 0.983. The molecule has 0 bridgehead atoms. The number of aromatic nitrogens is 3. The fourth-order valence-electron chi connectivity index (χ4n) is 4.26. The Kier molecular flexibility index (Phi) is 7.01. The number of rotatable bonds is 7. The molecule has 8 nitrogen and oxygen atoms in total. The van der Waals surface area contributed by atoms with Gasteiger partial charge in [-0.25, -0.2) is 0 Å². The lowest BCUT2D eigenvalue weighted by Crippen LogP contribution is -2.49. The highest BCUT2D eigenvalue weighted by atomic mass is 32.1. The average Bonchev–Trinajstić information content (AvgIpc) is 3.49. The van der Waals surface area contributed by atoms with E-state index >= 15 is 0 Å². The van der Waals surface area contributed by atoms with E-state index in [0.717, 1.165) is 55.8 Å². The van der Waals surface area contributed by atoms with Gasteiger partial charge in [0.2, 0.25) is 5.91 Å². The Labute approximate surface area is 180 Å². The number of nitrogens with one attached hydrogen (secondary N) is 1. The van der Waals surface area contributed by atoms with Crippen molar-refractivity contribution in [1.29, 1.82) is 0 Å². The van der Waals surface area contributed by atoms with Crippen LogP contribution in [0.15, 0.2) is 30.7 Å². The van der Waals surface area contributed by atoms with Gasteiger partial charge in [0.15, 0.2) is 5.69 Å². The van der Waals surface area contributed by atoms with E-state index in [-0.39, 0.29) is 29.7 Å². The fourth-order valence-corrected chi connectivity index (χ4v) is 4.67. The van der Waals surface area contributed by atoms with E-state index in [2.05, 4.69) is 19.0 Å². The minimum absolute atomic E-state index is 0.0904. The van der Waals surface area contributed by atoms with Crippen molar-refractivity contribution in [3.63, 3.8) is 0 Å². The lowest BCUT2D eigenvalue weighted by Gasteiger charge is -2.34. The Morgan fingerprint density at radius 2 is 1.97 bits per heavy atom. The predicted octanol–water partition coefficient (Wildman–Crippen LogP) is 2.74. The van der Waals surface area contributed by atoms with Crippen molar-refractivity contribution in [3.05, 3.63) is 42.0 Å². The van der Waals surface area contributed by atoms with E-state index in [4.69, 9.17) is 4.74 Å². The minimum atomic E-state index is -0.770. The quantitative estimate of drug-likeness (QED) is 0.727. The van der Waals surface area contributed by atoms with Crippen LogP contribution in [0.4, 0.5) is 0 Å². The summed E-state index contributed by atoms with van der Waals surface area (Å²) in [6.45, 7) is 1.01. The number of ether oxygens (including phenoxy) is 1. The Morgan fingerprint density at radius 1 is 1.17 bits per heavy atom. The zero-order chi connectivity index (χ0) is 20.8. The molecule has 30 heavy (non-hydrogen) atoms. The second-order valence-corrected chi connectivity index (χ2v) is 8.47. The lowest BCUT2D eigenvalue weighted by molar-refractivity contribution is -0.127. The Hall–Kier alpha value is -2.39. The van der Waals surface area contributed by atoms with E-state index in [1.54, 1.807) is 29.4 Å². The molecule has 2 aliphatic rings. The van der Waals surface area contributed by atoms with E-state index in [1.165, 1.54) is 12.6 Å². The smallest absolute Gasteiger partial charge is 0.276 e. The number of amides is 2. The summed E-state index contributed by atoms with van der Waals surface area (Å²) in [7, 11) is 0. The predicted molar refractivity (Wildman–Crippen MR) is 112 cm³/mol. The topological polar surface area (TPSA) is 97.3 Å². The van der Waals surface area contributed by atoms with Crippen molar-refractivity contribution in [2.24, 2.45) is 0 Å². The first kappa shape index (κ1) is 20.9. The van der Waals surface area contributed by atoms with Gasteiger partial charge in [-0.05, 0) is 43.4 Å². The molecule has 0 spiro atoms. The number of carbonyl (C=O) groups is 2. The van der Waals surface area contributed by atoms with Gasteiger partial charge in [-0.3, -0.25) is 14.6 Å². The van der Waals surface area contributed by atoms with Gasteiger partial charge in [0.25, 0.3) is 5.91 Å². The molecule has 3 heterocycles. The van der Waals surface area contributed by atoms with Crippen LogP contribution in [0.3, 0.4) is 0 Å². The first-order chi connectivity index (χ1) is 14.7. The maximum absolute atomic E-state index is 13.5. The highest BCUT2D eigenvalue weighted by Gasteiger charge is 2.36. The monoisotopic (exact) mass is 429 g/mol. The molecule has 2 unspecified atom stereocenters. The van der Waals surface area contributed by atoms with Gasteiger partial charge in [0.05, 0.1) is 24.0 Å². The molecule has 2 aromatic heterocycles. The Bertz CT molecular complexity index is 820. The van der Waals surface area contributed by atoms with Crippen LogP contribution >= 0.6 is 11.7 Å². The van der Waals surface area contributed by atoms with Crippen LogP contribution in [-0.4, -0.2) is 55.7 Å². The molecule has 2 fully saturated rings. The summed E-state index contributed by atoms with van der Waals surface area (Å²) in [6, 6.07) is 2.96. The molecule has 1 aliphatic carbocycles. The molecule has 0 radical (unpaired) electrons. The first-order valence-electron chi connectivity index (χ1n) is 10.6. The second kappa shape index (κ2) is 10.1. The molecule has 4 rings (SSSR count). The van der Waals surface area contributed by atoms with Crippen molar-refractivity contribution < 1.29 is 14.3 Å². The molecule has 1 N–H and O–H groups in total. The average molecular weight is 430 g/mol. The fraction of sp³-hybridized carbons (Fsp3) is 0.571. The number of hydrogen-bond donors (Lipinski definition) is 1. The van der Waals surface area contributed by atoms with Crippen LogP contribution in [0.1, 0.15) is 67.0 Å². The number of hydrogen-bond acceptors (Lipinski definition) is 7. The highest BCUT2D eigenvalue weighted by Crippen LogP contribution is 2.27. The zero-order valence-electron chi connectivity index (χ0n) is 16.9. The molecule has 1 aliphatic heterocycles. The highest BCUT2D eigenvalue weighted by molar-refractivity contribution is 6.99. The van der Waals surface area contributed by atoms with Crippen molar-refractivity contribution in [2.75, 3.05) is 13.2 Å². The minimum Gasteiger partial charge on any atom is -0.376 e. The maximum Gasteiger partial charge on any atom is 0.276 e. The molecular weight excluding hydrogens is 402 g/mol. The van der Waals surface area contributed by atoms with E-state index in [9.17, 15) is 9.59 Å². The molecule has 2 amide bonds. The van der Waals surface area contributed by atoms with Gasteiger partial charge < -0.3 is 15.0 Å². The molecule has 2 aromatic rings. The SMILES string of the molecule is O=C(NC1CCCCC1)C(c1ccncc1)N(CC1CCCO1)C(=O)c1cnsn1. The van der Waals surface area contributed by atoms with Crippen LogP contribution in [0.5, 0.6) is 0 Å². The molecule has 9 heteroatoms. The van der Waals surface area contributed by atoms with Gasteiger partial charge in [0, 0.05) is 31.6 Å². The van der Waals surface area contributed by atoms with Crippen molar-refractivity contribution in [1.82, 2.24) is 23.9 Å².